The Morgan fingerprint density at radius 2 is 1.94 bits per heavy atom. The summed E-state index contributed by atoms with van der Waals surface area (Å²) in [7, 11) is 0. The predicted molar refractivity (Wildman–Crippen MR) is 72.6 cm³/mol. The van der Waals surface area contributed by atoms with Crippen molar-refractivity contribution in [3.8, 4) is 0 Å². The molecule has 18 heavy (non-hydrogen) atoms. The van der Waals surface area contributed by atoms with Crippen LogP contribution in [0.4, 0.5) is 11.5 Å². The van der Waals surface area contributed by atoms with Crippen LogP contribution < -0.4 is 16.4 Å². The van der Waals surface area contributed by atoms with Gasteiger partial charge in [0.1, 0.15) is 6.04 Å². The monoisotopic (exact) mass is 271 g/mol. The molecule has 1 aromatic rings. The molecule has 0 spiro atoms. The van der Waals surface area contributed by atoms with Crippen molar-refractivity contribution in [2.24, 2.45) is 0 Å². The van der Waals surface area contributed by atoms with Gasteiger partial charge < -0.3 is 16.4 Å². The number of hydrogen-bond donors (Lipinski definition) is 3. The highest BCUT2D eigenvalue weighted by atomic mass is 35.5. The third kappa shape index (κ3) is 3.73. The van der Waals surface area contributed by atoms with E-state index in [0.29, 0.717) is 17.2 Å². The van der Waals surface area contributed by atoms with E-state index >= 15 is 0 Å². The van der Waals surface area contributed by atoms with E-state index < -0.39 is 6.04 Å². The molecule has 0 aliphatic rings. The minimum Gasteiger partial charge on any atom is -0.394 e. The Kier molecular flexibility index (Phi) is 4.72. The number of amides is 1. The highest BCUT2D eigenvalue weighted by molar-refractivity contribution is 6.28. The Morgan fingerprint density at radius 3 is 2.50 bits per heavy atom. The van der Waals surface area contributed by atoms with E-state index in [4.69, 9.17) is 17.3 Å². The second-order valence-corrected chi connectivity index (χ2v) is 4.71. The number of rotatable bonds is 4. The van der Waals surface area contributed by atoms with Crippen molar-refractivity contribution in [1.29, 1.82) is 0 Å². The SMILES string of the molecule is Cc1nc(Cl)nc(NC(C)C(=O)NC(C)C)c1N. The number of aryl methyl sites for hydroxylation is 1. The predicted octanol–water partition coefficient (Wildman–Crippen LogP) is 1.35. The average molecular weight is 272 g/mol. The van der Waals surface area contributed by atoms with Crippen molar-refractivity contribution < 1.29 is 4.79 Å². The van der Waals surface area contributed by atoms with Gasteiger partial charge in [-0.25, -0.2) is 4.98 Å². The molecule has 1 atom stereocenters. The lowest BCUT2D eigenvalue weighted by Crippen LogP contribution is -2.41. The summed E-state index contributed by atoms with van der Waals surface area (Å²) in [6, 6.07) is -0.380. The van der Waals surface area contributed by atoms with E-state index in [1.54, 1.807) is 13.8 Å². The molecule has 0 fully saturated rings. The number of nitrogens with two attached hydrogens (primary N) is 1. The quantitative estimate of drug-likeness (QED) is 0.719. The maximum Gasteiger partial charge on any atom is 0.242 e. The summed E-state index contributed by atoms with van der Waals surface area (Å²) in [6.45, 7) is 7.24. The van der Waals surface area contributed by atoms with Crippen LogP contribution in [0, 0.1) is 6.92 Å². The second kappa shape index (κ2) is 5.86. The zero-order chi connectivity index (χ0) is 13.9. The Balaban J connectivity index is 2.81. The van der Waals surface area contributed by atoms with Crippen molar-refractivity contribution in [3.05, 3.63) is 11.0 Å². The molecule has 0 saturated carbocycles. The lowest BCUT2D eigenvalue weighted by Gasteiger charge is -2.17. The zero-order valence-electron chi connectivity index (χ0n) is 10.9. The average Bonchev–Trinajstić information content (AvgIpc) is 2.24. The number of aromatic nitrogens is 2. The van der Waals surface area contributed by atoms with Crippen LogP contribution in [0.1, 0.15) is 26.5 Å². The fourth-order valence-corrected chi connectivity index (χ4v) is 1.55. The summed E-state index contributed by atoms with van der Waals surface area (Å²) < 4.78 is 0. The minimum atomic E-state index is -0.458. The number of halogens is 1. The molecule has 0 aromatic carbocycles. The maximum absolute atomic E-state index is 11.7. The third-order valence-electron chi connectivity index (χ3n) is 2.29. The van der Waals surface area contributed by atoms with Gasteiger partial charge in [-0.1, -0.05) is 0 Å². The molecule has 1 rings (SSSR count). The van der Waals surface area contributed by atoms with Crippen LogP contribution in [0.5, 0.6) is 0 Å². The first-order valence-corrected chi connectivity index (χ1v) is 6.05. The summed E-state index contributed by atoms with van der Waals surface area (Å²) in [5.41, 5.74) is 6.79. The molecule has 1 unspecified atom stereocenters. The van der Waals surface area contributed by atoms with Crippen LogP contribution in [0.15, 0.2) is 0 Å². The van der Waals surface area contributed by atoms with Gasteiger partial charge in [-0.05, 0) is 39.3 Å². The molecule has 0 aliphatic heterocycles. The molecule has 7 heteroatoms. The molecular weight excluding hydrogens is 254 g/mol. The van der Waals surface area contributed by atoms with E-state index in [1.807, 2.05) is 13.8 Å². The van der Waals surface area contributed by atoms with Crippen molar-refractivity contribution in [3.63, 3.8) is 0 Å². The van der Waals surface area contributed by atoms with Crippen LogP contribution >= 0.6 is 11.6 Å². The van der Waals surface area contributed by atoms with E-state index in [1.165, 1.54) is 0 Å². The van der Waals surface area contributed by atoms with Gasteiger partial charge in [-0.2, -0.15) is 4.98 Å². The van der Waals surface area contributed by atoms with Gasteiger partial charge in [0.15, 0.2) is 5.82 Å². The van der Waals surface area contributed by atoms with Gasteiger partial charge in [0.05, 0.1) is 11.4 Å². The number of nitrogen functional groups attached to an aromatic ring is 1. The normalized spacial score (nSPS) is 12.3. The first kappa shape index (κ1) is 14.5. The molecule has 0 bridgehead atoms. The number of carbonyl (C=O) groups is 1. The van der Waals surface area contributed by atoms with Gasteiger partial charge in [0.2, 0.25) is 11.2 Å². The van der Waals surface area contributed by atoms with Gasteiger partial charge in [-0.15, -0.1) is 0 Å². The minimum absolute atomic E-state index is 0.0785. The molecule has 0 radical (unpaired) electrons. The van der Waals surface area contributed by atoms with Crippen LogP contribution in [-0.2, 0) is 4.79 Å². The Bertz CT molecular complexity index is 449. The van der Waals surface area contributed by atoms with Crippen LogP contribution in [0.3, 0.4) is 0 Å². The molecule has 1 amide bonds. The number of anilines is 2. The molecule has 4 N–H and O–H groups in total. The van der Waals surface area contributed by atoms with E-state index in [-0.39, 0.29) is 17.2 Å². The molecular formula is C11H18ClN5O. The van der Waals surface area contributed by atoms with Gasteiger partial charge >= 0.3 is 0 Å². The maximum atomic E-state index is 11.7. The lowest BCUT2D eigenvalue weighted by atomic mass is 10.2. The van der Waals surface area contributed by atoms with Gasteiger partial charge in [0, 0.05) is 6.04 Å². The van der Waals surface area contributed by atoms with Gasteiger partial charge in [-0.3, -0.25) is 4.79 Å². The molecule has 0 saturated heterocycles. The van der Waals surface area contributed by atoms with Crippen LogP contribution in [0.2, 0.25) is 5.28 Å². The number of carbonyl (C=O) groups excluding carboxylic acids is 1. The Labute approximate surface area is 111 Å². The number of nitrogens with one attached hydrogen (secondary N) is 2. The van der Waals surface area contributed by atoms with Crippen molar-refractivity contribution in [1.82, 2.24) is 15.3 Å². The fourth-order valence-electron chi connectivity index (χ4n) is 1.34. The number of nitrogens with zero attached hydrogens (tertiary/aromatic N) is 2. The summed E-state index contributed by atoms with van der Waals surface area (Å²) in [4.78, 5) is 19.6. The fraction of sp³-hybridized carbons (Fsp3) is 0.545. The third-order valence-corrected chi connectivity index (χ3v) is 2.46. The Morgan fingerprint density at radius 1 is 1.33 bits per heavy atom. The first-order chi connectivity index (χ1) is 8.31. The van der Waals surface area contributed by atoms with Gasteiger partial charge in [0.25, 0.3) is 0 Å². The van der Waals surface area contributed by atoms with Crippen molar-refractivity contribution >= 4 is 29.0 Å². The van der Waals surface area contributed by atoms with E-state index in [0.717, 1.165) is 0 Å². The van der Waals surface area contributed by atoms with Crippen molar-refractivity contribution in [2.45, 2.75) is 39.8 Å². The standard InChI is InChI=1S/C11H18ClN5O/c1-5(2)14-10(18)7(4)15-9-8(13)6(3)16-11(12)17-9/h5,7H,13H2,1-4H3,(H,14,18)(H,15,16,17). The van der Waals surface area contributed by atoms with Crippen LogP contribution in [-0.4, -0.2) is 28.0 Å². The van der Waals surface area contributed by atoms with E-state index in [2.05, 4.69) is 20.6 Å². The molecule has 0 aliphatic carbocycles. The summed E-state index contributed by atoms with van der Waals surface area (Å²) in [6.07, 6.45) is 0. The summed E-state index contributed by atoms with van der Waals surface area (Å²) in [5, 5.41) is 5.82. The zero-order valence-corrected chi connectivity index (χ0v) is 11.7. The smallest absolute Gasteiger partial charge is 0.242 e. The number of hydrogen-bond acceptors (Lipinski definition) is 5. The highest BCUT2D eigenvalue weighted by Crippen LogP contribution is 2.21. The highest BCUT2D eigenvalue weighted by Gasteiger charge is 2.16. The van der Waals surface area contributed by atoms with Crippen molar-refractivity contribution in [2.75, 3.05) is 11.1 Å². The summed E-state index contributed by atoms with van der Waals surface area (Å²) >= 11 is 5.75. The molecule has 6 nitrogen and oxygen atoms in total. The molecule has 1 aromatic heterocycles. The second-order valence-electron chi connectivity index (χ2n) is 4.37. The summed E-state index contributed by atoms with van der Waals surface area (Å²) in [5.74, 6) is 0.246. The lowest BCUT2D eigenvalue weighted by molar-refractivity contribution is -0.122. The largest absolute Gasteiger partial charge is 0.394 e. The van der Waals surface area contributed by atoms with E-state index in [9.17, 15) is 4.79 Å². The molecule has 100 valence electrons. The van der Waals surface area contributed by atoms with Crippen LogP contribution in [0.25, 0.3) is 0 Å². The topological polar surface area (TPSA) is 92.9 Å². The Hall–Kier alpha value is -1.56. The first-order valence-electron chi connectivity index (χ1n) is 5.67. The molecule has 1 heterocycles.